The molecule has 0 N–H and O–H groups in total. The van der Waals surface area contributed by atoms with Crippen molar-refractivity contribution in [3.05, 3.63) is 83.9 Å². The standard InChI is InChI=1S/C24H28N4S/c1-28(2,3)17-9-15-26-16-14-20(25-19-26)18-24-27(21-10-5-4-6-11-21)22-12-7-8-13-23(22)29-24/h4-8,10-14,16,18-19H,9,15,17H2,1-3H3/q+2. The fourth-order valence-corrected chi connectivity index (χ4v) is 4.52. The zero-order valence-electron chi connectivity index (χ0n) is 17.3. The van der Waals surface area contributed by atoms with Gasteiger partial charge in [-0.05, 0) is 29.2 Å². The van der Waals surface area contributed by atoms with Crippen molar-refractivity contribution in [2.75, 3.05) is 32.6 Å². The van der Waals surface area contributed by atoms with Gasteiger partial charge in [-0.3, -0.25) is 0 Å². The molecule has 5 heteroatoms. The number of aryl methyl sites for hydroxylation is 1. The van der Waals surface area contributed by atoms with Gasteiger partial charge in [0.1, 0.15) is 0 Å². The molecule has 0 saturated carbocycles. The zero-order valence-corrected chi connectivity index (χ0v) is 18.1. The Morgan fingerprint density at radius 1 is 1.00 bits per heavy atom. The molecule has 0 fully saturated rings. The molecule has 0 spiro atoms. The Morgan fingerprint density at radius 3 is 2.48 bits per heavy atom. The highest BCUT2D eigenvalue weighted by Gasteiger charge is 2.26. The first-order chi connectivity index (χ1) is 14.0. The van der Waals surface area contributed by atoms with E-state index in [1.807, 2.05) is 6.33 Å². The molecule has 2 aromatic carbocycles. The molecule has 0 aliphatic carbocycles. The molecule has 1 aromatic heterocycles. The summed E-state index contributed by atoms with van der Waals surface area (Å²) in [5, 5.41) is 1.17. The summed E-state index contributed by atoms with van der Waals surface area (Å²) < 4.78 is 3.16. The average molecular weight is 405 g/mol. The van der Waals surface area contributed by atoms with Gasteiger partial charge in [0.25, 0.3) is 6.33 Å². The number of thioether (sulfide) groups is 1. The van der Waals surface area contributed by atoms with Gasteiger partial charge in [0.15, 0.2) is 5.69 Å². The molecule has 1 aliphatic heterocycles. The number of anilines is 2. The Hall–Kier alpha value is -2.63. The minimum Gasteiger partial charge on any atom is -0.331 e. The molecular formula is C24H28N4S+2. The molecule has 0 atom stereocenters. The highest BCUT2D eigenvalue weighted by Crippen LogP contribution is 2.50. The van der Waals surface area contributed by atoms with E-state index in [4.69, 9.17) is 0 Å². The number of quaternary nitrogens is 1. The second-order valence-corrected chi connectivity index (χ2v) is 9.38. The zero-order chi connectivity index (χ0) is 20.3. The fourth-order valence-electron chi connectivity index (χ4n) is 3.41. The van der Waals surface area contributed by atoms with Crippen molar-refractivity contribution in [3.63, 3.8) is 0 Å². The lowest BCUT2D eigenvalue weighted by Crippen LogP contribution is -2.40. The van der Waals surface area contributed by atoms with Crippen LogP contribution in [0, 0.1) is 0 Å². The van der Waals surface area contributed by atoms with Crippen LogP contribution in [0.5, 0.6) is 0 Å². The van der Waals surface area contributed by atoms with E-state index in [-0.39, 0.29) is 0 Å². The lowest BCUT2D eigenvalue weighted by molar-refractivity contribution is -0.873. The summed E-state index contributed by atoms with van der Waals surface area (Å²) in [4.78, 5) is 8.27. The largest absolute Gasteiger partial charge is 0.331 e. The van der Waals surface area contributed by atoms with Crippen molar-refractivity contribution in [2.45, 2.75) is 17.9 Å². The van der Waals surface area contributed by atoms with Gasteiger partial charge in [-0.15, -0.1) is 0 Å². The van der Waals surface area contributed by atoms with Crippen molar-refractivity contribution in [3.8, 4) is 0 Å². The van der Waals surface area contributed by atoms with Crippen molar-refractivity contribution >= 4 is 29.2 Å². The molecular weight excluding hydrogens is 376 g/mol. The summed E-state index contributed by atoms with van der Waals surface area (Å²) in [5.41, 5.74) is 3.37. The first-order valence-corrected chi connectivity index (χ1v) is 10.8. The van der Waals surface area contributed by atoms with Gasteiger partial charge in [-0.2, -0.15) is 0 Å². The monoisotopic (exact) mass is 404 g/mol. The quantitative estimate of drug-likeness (QED) is 0.438. The van der Waals surface area contributed by atoms with E-state index < -0.39 is 0 Å². The predicted octanol–water partition coefficient (Wildman–Crippen LogP) is 4.71. The van der Waals surface area contributed by atoms with Gasteiger partial charge >= 0.3 is 0 Å². The molecule has 4 nitrogen and oxygen atoms in total. The molecule has 0 radical (unpaired) electrons. The van der Waals surface area contributed by atoms with Crippen molar-refractivity contribution in [1.82, 2.24) is 4.98 Å². The maximum Gasteiger partial charge on any atom is 0.286 e. The smallest absolute Gasteiger partial charge is 0.286 e. The van der Waals surface area contributed by atoms with Gasteiger partial charge < -0.3 is 9.38 Å². The molecule has 2 heterocycles. The van der Waals surface area contributed by atoms with E-state index in [0.29, 0.717) is 0 Å². The third kappa shape index (κ3) is 4.86. The van der Waals surface area contributed by atoms with Crippen LogP contribution in [0.3, 0.4) is 0 Å². The van der Waals surface area contributed by atoms with Gasteiger partial charge in [0.2, 0.25) is 0 Å². The lowest BCUT2D eigenvalue weighted by atomic mass is 10.2. The Labute approximate surface area is 177 Å². The summed E-state index contributed by atoms with van der Waals surface area (Å²) in [5.74, 6) is 0. The van der Waals surface area contributed by atoms with Crippen LogP contribution >= 0.6 is 11.8 Å². The molecule has 4 rings (SSSR count). The summed E-state index contributed by atoms with van der Waals surface area (Å²) in [7, 11) is 6.69. The Balaban J connectivity index is 1.55. The maximum atomic E-state index is 4.69. The molecule has 3 aromatic rings. The first-order valence-electron chi connectivity index (χ1n) is 9.99. The third-order valence-corrected chi connectivity index (χ3v) is 5.94. The lowest BCUT2D eigenvalue weighted by Gasteiger charge is -2.23. The third-order valence-electron chi connectivity index (χ3n) is 4.86. The summed E-state index contributed by atoms with van der Waals surface area (Å²) >= 11 is 1.79. The number of aromatic nitrogens is 2. The van der Waals surface area contributed by atoms with Gasteiger partial charge in [-0.1, -0.05) is 42.1 Å². The maximum absolute atomic E-state index is 4.69. The van der Waals surface area contributed by atoms with E-state index in [0.717, 1.165) is 29.7 Å². The van der Waals surface area contributed by atoms with E-state index in [2.05, 4.69) is 109 Å². The second-order valence-electron chi connectivity index (χ2n) is 8.31. The highest BCUT2D eigenvalue weighted by molar-refractivity contribution is 8.04. The predicted molar refractivity (Wildman–Crippen MR) is 121 cm³/mol. The molecule has 148 valence electrons. The summed E-state index contributed by atoms with van der Waals surface area (Å²) in [6, 6.07) is 21.2. The van der Waals surface area contributed by atoms with Crippen LogP contribution in [0.4, 0.5) is 11.4 Å². The Morgan fingerprint density at radius 2 is 1.76 bits per heavy atom. The normalized spacial score (nSPS) is 15.0. The number of rotatable bonds is 6. The minimum absolute atomic E-state index is 0.976. The Bertz CT molecular complexity index is 991. The number of fused-ring (bicyclic) bond motifs is 1. The Kier molecular flexibility index (Phi) is 5.69. The average Bonchev–Trinajstić information content (AvgIpc) is 3.07. The van der Waals surface area contributed by atoms with Crippen LogP contribution in [-0.4, -0.2) is 37.2 Å². The van der Waals surface area contributed by atoms with Crippen LogP contribution in [0.15, 0.2) is 83.1 Å². The second kappa shape index (κ2) is 8.39. The fraction of sp³-hybridized carbons (Fsp3) is 0.250. The molecule has 29 heavy (non-hydrogen) atoms. The van der Waals surface area contributed by atoms with Crippen LogP contribution in [0.1, 0.15) is 12.1 Å². The van der Waals surface area contributed by atoms with Crippen molar-refractivity contribution in [1.29, 1.82) is 0 Å². The minimum atomic E-state index is 0.976. The molecule has 1 aliphatic rings. The number of hydrogen-bond donors (Lipinski definition) is 0. The first kappa shape index (κ1) is 19.7. The van der Waals surface area contributed by atoms with Gasteiger partial charge in [0.05, 0.1) is 51.1 Å². The number of benzene rings is 2. The van der Waals surface area contributed by atoms with Crippen molar-refractivity contribution in [2.24, 2.45) is 0 Å². The molecule has 0 saturated heterocycles. The SMILES string of the molecule is C[N+](C)(C)CCC[n+]1ccc(/C=C2\Sc3ccccc3N2c2ccccc2)nc1. The topological polar surface area (TPSA) is 20.0 Å². The van der Waals surface area contributed by atoms with E-state index in [1.54, 1.807) is 11.8 Å². The summed E-state index contributed by atoms with van der Waals surface area (Å²) in [6.45, 7) is 2.15. The number of nitrogens with zero attached hydrogens (tertiary/aromatic N) is 4. The molecule has 0 unspecified atom stereocenters. The number of para-hydroxylation sites is 2. The van der Waals surface area contributed by atoms with E-state index >= 15 is 0 Å². The summed E-state index contributed by atoms with van der Waals surface area (Å²) in [6.07, 6.45) is 7.40. The van der Waals surface area contributed by atoms with Crippen LogP contribution in [0.25, 0.3) is 6.08 Å². The van der Waals surface area contributed by atoms with Crippen LogP contribution in [-0.2, 0) is 6.54 Å². The molecule has 0 amide bonds. The van der Waals surface area contributed by atoms with Crippen LogP contribution < -0.4 is 9.47 Å². The highest BCUT2D eigenvalue weighted by atomic mass is 32.2. The van der Waals surface area contributed by atoms with Crippen LogP contribution in [0.2, 0.25) is 0 Å². The molecule has 0 bridgehead atoms. The van der Waals surface area contributed by atoms with E-state index in [9.17, 15) is 0 Å². The van der Waals surface area contributed by atoms with E-state index in [1.165, 1.54) is 21.3 Å². The van der Waals surface area contributed by atoms with Gasteiger partial charge in [0, 0.05) is 29.1 Å². The number of hydrogen-bond acceptors (Lipinski definition) is 3. The van der Waals surface area contributed by atoms with Gasteiger partial charge in [-0.25, -0.2) is 4.57 Å². The van der Waals surface area contributed by atoms with Crippen molar-refractivity contribution < 1.29 is 9.05 Å².